The second-order valence-electron chi connectivity index (χ2n) is 9.10. The average molecular weight is 467 g/mol. The predicted octanol–water partition coefficient (Wildman–Crippen LogP) is 2.49. The van der Waals surface area contributed by atoms with Crippen LogP contribution in [0.4, 0.5) is 4.39 Å². The molecular formula is C25H27FN4O4. The van der Waals surface area contributed by atoms with E-state index in [-0.39, 0.29) is 17.4 Å². The van der Waals surface area contributed by atoms with Crippen molar-refractivity contribution in [2.24, 2.45) is 0 Å². The van der Waals surface area contributed by atoms with Crippen molar-refractivity contribution in [1.82, 2.24) is 19.8 Å². The molecule has 8 nitrogen and oxygen atoms in total. The second-order valence-corrected chi connectivity index (χ2v) is 9.10. The minimum absolute atomic E-state index is 0.115. The number of aromatic nitrogens is 2. The van der Waals surface area contributed by atoms with Crippen LogP contribution in [0.25, 0.3) is 10.9 Å². The largest absolute Gasteiger partial charge is 0.486 e. The summed E-state index contributed by atoms with van der Waals surface area (Å²) in [7, 11) is 0. The topological polar surface area (TPSA) is 77.9 Å². The molecule has 178 valence electrons. The summed E-state index contributed by atoms with van der Waals surface area (Å²) in [5.74, 6) is 1.22. The number of halogens is 1. The van der Waals surface area contributed by atoms with Crippen LogP contribution < -0.4 is 25.1 Å². The van der Waals surface area contributed by atoms with Gasteiger partial charge in [-0.15, -0.1) is 0 Å². The number of benzene rings is 1. The summed E-state index contributed by atoms with van der Waals surface area (Å²) in [6, 6.07) is 8.58. The Morgan fingerprint density at radius 3 is 2.71 bits per heavy atom. The zero-order chi connectivity index (χ0) is 23.1. The van der Waals surface area contributed by atoms with Crippen LogP contribution in [-0.4, -0.2) is 59.9 Å². The summed E-state index contributed by atoms with van der Waals surface area (Å²) in [6.07, 6.45) is 3.73. The highest BCUT2D eigenvalue weighted by Crippen LogP contribution is 2.34. The van der Waals surface area contributed by atoms with Gasteiger partial charge in [0.25, 0.3) is 5.56 Å². The second kappa shape index (κ2) is 8.88. The highest BCUT2D eigenvalue weighted by atomic mass is 19.1. The molecule has 2 aromatic heterocycles. The molecular weight excluding hydrogens is 439 g/mol. The maximum Gasteiger partial charge on any atom is 0.251 e. The minimum Gasteiger partial charge on any atom is -0.486 e. The van der Waals surface area contributed by atoms with E-state index in [0.29, 0.717) is 50.2 Å². The zero-order valence-corrected chi connectivity index (χ0v) is 18.8. The molecule has 1 saturated heterocycles. The number of hydrogen-bond acceptors (Lipinski definition) is 7. The molecule has 6 rings (SSSR count). The van der Waals surface area contributed by atoms with Gasteiger partial charge in [-0.2, -0.15) is 0 Å². The monoisotopic (exact) mass is 466 g/mol. The first-order chi connectivity index (χ1) is 16.7. The molecule has 0 radical (unpaired) electrons. The van der Waals surface area contributed by atoms with E-state index in [9.17, 15) is 9.18 Å². The lowest BCUT2D eigenvalue weighted by molar-refractivity contribution is 0.137. The zero-order valence-electron chi connectivity index (χ0n) is 18.8. The van der Waals surface area contributed by atoms with Crippen LogP contribution in [0.1, 0.15) is 24.6 Å². The van der Waals surface area contributed by atoms with E-state index < -0.39 is 5.82 Å². The fourth-order valence-corrected chi connectivity index (χ4v) is 5.14. The number of likely N-dealkylation sites (tertiary alicyclic amines) is 1. The minimum atomic E-state index is -0.426. The highest BCUT2D eigenvalue weighted by molar-refractivity contribution is 5.85. The third-order valence-electron chi connectivity index (χ3n) is 6.90. The van der Waals surface area contributed by atoms with Crippen molar-refractivity contribution < 1.29 is 18.6 Å². The first kappa shape index (κ1) is 21.4. The Kier molecular flexibility index (Phi) is 5.58. The Morgan fingerprint density at radius 1 is 1.06 bits per heavy atom. The Hall–Kier alpha value is -3.17. The van der Waals surface area contributed by atoms with Crippen molar-refractivity contribution in [1.29, 1.82) is 0 Å². The number of ether oxygens (including phenoxy) is 3. The number of piperidine rings is 1. The van der Waals surface area contributed by atoms with E-state index in [2.05, 4.69) is 15.2 Å². The maximum absolute atomic E-state index is 14.3. The van der Waals surface area contributed by atoms with Crippen molar-refractivity contribution >= 4 is 10.9 Å². The van der Waals surface area contributed by atoms with Gasteiger partial charge in [-0.1, -0.05) is 0 Å². The summed E-state index contributed by atoms with van der Waals surface area (Å²) < 4.78 is 33.0. The summed E-state index contributed by atoms with van der Waals surface area (Å²) >= 11 is 0. The molecule has 1 atom stereocenters. The Labute approximate surface area is 196 Å². The molecule has 3 aromatic rings. The van der Waals surface area contributed by atoms with Gasteiger partial charge in [0.2, 0.25) is 0 Å². The van der Waals surface area contributed by atoms with E-state index in [1.807, 2.05) is 6.07 Å². The van der Waals surface area contributed by atoms with Crippen molar-refractivity contribution in [3.63, 3.8) is 0 Å². The van der Waals surface area contributed by atoms with E-state index in [1.54, 1.807) is 29.0 Å². The molecule has 34 heavy (non-hydrogen) atoms. The number of pyridine rings is 2. The molecule has 0 bridgehead atoms. The lowest BCUT2D eigenvalue weighted by Gasteiger charge is -2.36. The summed E-state index contributed by atoms with van der Waals surface area (Å²) in [5, 5.41) is 4.42. The number of fused-ring (bicyclic) bond motifs is 1. The first-order valence-corrected chi connectivity index (χ1v) is 11.8. The van der Waals surface area contributed by atoms with E-state index in [0.717, 1.165) is 42.8 Å². The highest BCUT2D eigenvalue weighted by Gasteiger charge is 2.29. The fourth-order valence-electron chi connectivity index (χ4n) is 5.14. The Balaban J connectivity index is 1.07. The number of nitrogens with one attached hydrogen (secondary N) is 1. The van der Waals surface area contributed by atoms with Crippen LogP contribution in [0.5, 0.6) is 17.2 Å². The molecule has 0 saturated carbocycles. The summed E-state index contributed by atoms with van der Waals surface area (Å²) in [5.41, 5.74) is 1.38. The van der Waals surface area contributed by atoms with E-state index in [1.165, 1.54) is 6.07 Å². The molecule has 1 N–H and O–H groups in total. The summed E-state index contributed by atoms with van der Waals surface area (Å²) in [6.45, 7) is 4.64. The van der Waals surface area contributed by atoms with Gasteiger partial charge >= 0.3 is 0 Å². The van der Waals surface area contributed by atoms with E-state index in [4.69, 9.17) is 14.2 Å². The van der Waals surface area contributed by atoms with Crippen LogP contribution in [0, 0.1) is 5.82 Å². The van der Waals surface area contributed by atoms with Crippen molar-refractivity contribution in [3.05, 3.63) is 58.4 Å². The van der Waals surface area contributed by atoms with Crippen molar-refractivity contribution in [2.75, 3.05) is 39.5 Å². The predicted molar refractivity (Wildman–Crippen MR) is 124 cm³/mol. The van der Waals surface area contributed by atoms with Gasteiger partial charge in [-0.05, 0) is 44.1 Å². The average Bonchev–Trinajstić information content (AvgIpc) is 2.87. The number of nitrogens with zero attached hydrogens (tertiary/aromatic N) is 3. The Bertz CT molecular complexity index is 1270. The molecule has 0 aliphatic carbocycles. The molecule has 0 amide bonds. The van der Waals surface area contributed by atoms with Crippen LogP contribution >= 0.6 is 0 Å². The molecule has 3 aliphatic rings. The lowest BCUT2D eigenvalue weighted by Crippen LogP contribution is -2.46. The molecule has 5 heterocycles. The first-order valence-electron chi connectivity index (χ1n) is 11.8. The molecule has 0 unspecified atom stereocenters. The fraction of sp³-hybridized carbons (Fsp3) is 0.440. The maximum atomic E-state index is 14.3. The third-order valence-corrected chi connectivity index (χ3v) is 6.90. The molecule has 0 spiro atoms. The van der Waals surface area contributed by atoms with Gasteiger partial charge in [-0.25, -0.2) is 4.39 Å². The molecule has 3 aliphatic heterocycles. The van der Waals surface area contributed by atoms with Gasteiger partial charge in [0.15, 0.2) is 23.1 Å². The molecule has 1 aromatic carbocycles. The quantitative estimate of drug-likeness (QED) is 0.619. The SMILES string of the molecule is O=c1ccc2ccc(F)c3c2n1[C@H](CN1CCC(NCc2cc4c(cn2)OCCO4)CC1)CO3. The standard InChI is InChI=1S/C25H27FN4O4/c26-20-3-1-16-2-4-23(31)30-19(15-34-25(20)24(16)30)14-29-7-5-17(6-8-29)27-12-18-11-21-22(13-28-18)33-10-9-32-21/h1-4,11,13,17,19,27H,5-10,12,14-15H2/t19-/m1/s1. The van der Waals surface area contributed by atoms with Crippen LogP contribution in [-0.2, 0) is 6.54 Å². The lowest BCUT2D eigenvalue weighted by atomic mass is 10.0. The number of rotatable bonds is 5. The van der Waals surface area contributed by atoms with Gasteiger partial charge < -0.3 is 24.4 Å². The van der Waals surface area contributed by atoms with Crippen molar-refractivity contribution in [2.45, 2.75) is 31.5 Å². The van der Waals surface area contributed by atoms with Crippen LogP contribution in [0.3, 0.4) is 0 Å². The van der Waals surface area contributed by atoms with Gasteiger partial charge in [0, 0.05) is 36.7 Å². The molecule has 1 fully saturated rings. The van der Waals surface area contributed by atoms with Crippen LogP contribution in [0.2, 0.25) is 0 Å². The number of hydrogen-bond donors (Lipinski definition) is 1. The van der Waals surface area contributed by atoms with Gasteiger partial charge in [0.05, 0.1) is 23.4 Å². The normalized spacial score (nSPS) is 20.3. The summed E-state index contributed by atoms with van der Waals surface area (Å²) in [4.78, 5) is 19.5. The smallest absolute Gasteiger partial charge is 0.251 e. The van der Waals surface area contributed by atoms with E-state index >= 15 is 0 Å². The molecule has 9 heteroatoms. The van der Waals surface area contributed by atoms with Crippen LogP contribution in [0.15, 0.2) is 41.3 Å². The van der Waals surface area contributed by atoms with Gasteiger partial charge in [-0.3, -0.25) is 14.3 Å². The Morgan fingerprint density at radius 2 is 1.85 bits per heavy atom. The van der Waals surface area contributed by atoms with Gasteiger partial charge in [0.1, 0.15) is 19.8 Å². The third kappa shape index (κ3) is 3.99. The van der Waals surface area contributed by atoms with Crippen molar-refractivity contribution in [3.8, 4) is 17.2 Å².